The Morgan fingerprint density at radius 2 is 2.18 bits per heavy atom. The lowest BCUT2D eigenvalue weighted by Crippen LogP contribution is -2.30. The molecule has 1 unspecified atom stereocenters. The second-order valence-corrected chi connectivity index (χ2v) is 5.13. The molecule has 2 fully saturated rings. The molecular weight excluding hydrogens is 220 g/mol. The first-order chi connectivity index (χ1) is 8.16. The minimum absolute atomic E-state index is 0.139. The van der Waals surface area contributed by atoms with Crippen LogP contribution in [-0.4, -0.2) is 30.3 Å². The second kappa shape index (κ2) is 3.84. The van der Waals surface area contributed by atoms with Gasteiger partial charge in [-0.3, -0.25) is 4.79 Å². The van der Waals surface area contributed by atoms with Crippen molar-refractivity contribution in [3.05, 3.63) is 17.5 Å². The van der Waals surface area contributed by atoms with E-state index in [2.05, 4.69) is 10.5 Å². The van der Waals surface area contributed by atoms with Gasteiger partial charge in [0.25, 0.3) is 5.91 Å². The van der Waals surface area contributed by atoms with Gasteiger partial charge in [-0.15, -0.1) is 0 Å². The predicted molar refractivity (Wildman–Crippen MR) is 59.6 cm³/mol. The van der Waals surface area contributed by atoms with Gasteiger partial charge in [-0.25, -0.2) is 0 Å². The van der Waals surface area contributed by atoms with E-state index in [1.165, 1.54) is 0 Å². The normalized spacial score (nSPS) is 30.4. The van der Waals surface area contributed by atoms with Gasteiger partial charge in [0.2, 0.25) is 0 Å². The van der Waals surface area contributed by atoms with Gasteiger partial charge in [-0.1, -0.05) is 19.0 Å². The fourth-order valence-electron chi connectivity index (χ4n) is 2.35. The molecule has 3 atom stereocenters. The number of fused-ring (bicyclic) bond motifs is 1. The van der Waals surface area contributed by atoms with E-state index >= 15 is 0 Å². The number of hydrogen-bond acceptors (Lipinski definition) is 4. The molecule has 1 amide bonds. The third-order valence-electron chi connectivity index (χ3n) is 3.58. The van der Waals surface area contributed by atoms with Crippen molar-refractivity contribution >= 4 is 5.91 Å². The topological polar surface area (TPSA) is 64.4 Å². The molecule has 2 aliphatic rings. The van der Waals surface area contributed by atoms with Crippen molar-refractivity contribution in [3.63, 3.8) is 0 Å². The molecule has 2 heterocycles. The molecule has 3 rings (SSSR count). The van der Waals surface area contributed by atoms with Gasteiger partial charge < -0.3 is 14.6 Å². The molecule has 1 saturated heterocycles. The molecule has 5 nitrogen and oxygen atoms in total. The zero-order valence-corrected chi connectivity index (χ0v) is 9.97. The van der Waals surface area contributed by atoms with E-state index in [-0.39, 0.29) is 17.9 Å². The Kier molecular flexibility index (Phi) is 2.43. The van der Waals surface area contributed by atoms with Crippen molar-refractivity contribution in [2.24, 2.45) is 11.8 Å². The van der Waals surface area contributed by atoms with E-state index in [9.17, 15) is 4.79 Å². The van der Waals surface area contributed by atoms with Gasteiger partial charge in [0.1, 0.15) is 5.76 Å². The highest BCUT2D eigenvalue weighted by Gasteiger charge is 2.54. The molecule has 0 spiro atoms. The van der Waals surface area contributed by atoms with Crippen LogP contribution in [0.5, 0.6) is 0 Å². The summed E-state index contributed by atoms with van der Waals surface area (Å²) in [5.74, 6) is 1.87. The van der Waals surface area contributed by atoms with Crippen molar-refractivity contribution < 1.29 is 14.1 Å². The third kappa shape index (κ3) is 1.84. The van der Waals surface area contributed by atoms with Crippen LogP contribution < -0.4 is 5.32 Å². The lowest BCUT2D eigenvalue weighted by molar-refractivity contribution is 0.0920. The van der Waals surface area contributed by atoms with Crippen molar-refractivity contribution in [1.29, 1.82) is 0 Å². The average Bonchev–Trinajstić information content (AvgIpc) is 2.82. The fourth-order valence-corrected chi connectivity index (χ4v) is 2.35. The maximum absolute atomic E-state index is 11.9. The first-order valence-electron chi connectivity index (χ1n) is 6.02. The largest absolute Gasteiger partial charge is 0.381 e. The molecule has 92 valence electrons. The number of ether oxygens (including phenoxy) is 1. The number of amides is 1. The van der Waals surface area contributed by atoms with Crippen molar-refractivity contribution in [3.8, 4) is 0 Å². The number of carbonyl (C=O) groups is 1. The summed E-state index contributed by atoms with van der Waals surface area (Å²) in [4.78, 5) is 11.9. The molecule has 1 saturated carbocycles. The van der Waals surface area contributed by atoms with Crippen LogP contribution in [0.3, 0.4) is 0 Å². The van der Waals surface area contributed by atoms with E-state index in [0.717, 1.165) is 19.0 Å². The van der Waals surface area contributed by atoms with Crippen LogP contribution in [0.4, 0.5) is 0 Å². The summed E-state index contributed by atoms with van der Waals surface area (Å²) in [6.07, 6.45) is 0. The van der Waals surface area contributed by atoms with E-state index in [1.807, 2.05) is 13.8 Å². The molecular formula is C12H16N2O3. The highest BCUT2D eigenvalue weighted by molar-refractivity contribution is 5.92. The zero-order chi connectivity index (χ0) is 12.0. The zero-order valence-electron chi connectivity index (χ0n) is 9.97. The van der Waals surface area contributed by atoms with E-state index in [1.54, 1.807) is 6.07 Å². The summed E-state index contributed by atoms with van der Waals surface area (Å²) in [5, 5.41) is 6.78. The number of nitrogens with zero attached hydrogens (tertiary/aromatic N) is 1. The van der Waals surface area contributed by atoms with Crippen LogP contribution in [0.25, 0.3) is 0 Å². The van der Waals surface area contributed by atoms with Crippen molar-refractivity contribution in [2.75, 3.05) is 13.2 Å². The van der Waals surface area contributed by atoms with Gasteiger partial charge in [0.15, 0.2) is 5.69 Å². The van der Waals surface area contributed by atoms with E-state index in [4.69, 9.17) is 9.26 Å². The standard InChI is InChI=1S/C12H16N2O3/c1-6(2)10-3-9(14-17-10)12(15)13-11-7-4-16-5-8(7)11/h3,6-8,11H,4-5H2,1-2H3,(H,13,15)/t7-,8+,11?. The molecule has 0 aromatic carbocycles. The first-order valence-corrected chi connectivity index (χ1v) is 6.02. The fraction of sp³-hybridized carbons (Fsp3) is 0.667. The lowest BCUT2D eigenvalue weighted by atomic mass is 10.1. The maximum Gasteiger partial charge on any atom is 0.273 e. The van der Waals surface area contributed by atoms with Crippen molar-refractivity contribution in [2.45, 2.75) is 25.8 Å². The smallest absolute Gasteiger partial charge is 0.273 e. The summed E-state index contributed by atoms with van der Waals surface area (Å²) >= 11 is 0. The van der Waals surface area contributed by atoms with Crippen LogP contribution in [0.1, 0.15) is 36.0 Å². The molecule has 1 N–H and O–H groups in total. The molecule has 1 aliphatic heterocycles. The molecule has 5 heteroatoms. The van der Waals surface area contributed by atoms with Crippen LogP contribution >= 0.6 is 0 Å². The molecule has 1 aliphatic carbocycles. The SMILES string of the molecule is CC(C)c1cc(C(=O)NC2[C@H]3COC[C@@H]23)no1. The summed E-state index contributed by atoms with van der Waals surface area (Å²) in [5.41, 5.74) is 0.375. The van der Waals surface area contributed by atoms with Gasteiger partial charge in [-0.2, -0.15) is 0 Å². The average molecular weight is 236 g/mol. The highest BCUT2D eigenvalue weighted by atomic mass is 16.5. The highest BCUT2D eigenvalue weighted by Crippen LogP contribution is 2.44. The Bertz CT molecular complexity index is 431. The van der Waals surface area contributed by atoms with E-state index < -0.39 is 0 Å². The van der Waals surface area contributed by atoms with Crippen molar-refractivity contribution in [1.82, 2.24) is 10.5 Å². The van der Waals surface area contributed by atoms with Gasteiger partial charge in [0, 0.05) is 29.9 Å². The van der Waals surface area contributed by atoms with Crippen LogP contribution in [0, 0.1) is 11.8 Å². The van der Waals surface area contributed by atoms with Crippen LogP contribution in [0.15, 0.2) is 10.6 Å². The number of aromatic nitrogens is 1. The maximum atomic E-state index is 11.9. The molecule has 1 aromatic heterocycles. The Morgan fingerprint density at radius 3 is 2.76 bits per heavy atom. The van der Waals surface area contributed by atoms with Gasteiger partial charge in [-0.05, 0) is 0 Å². The minimum atomic E-state index is -0.139. The van der Waals surface area contributed by atoms with Gasteiger partial charge in [0.05, 0.1) is 13.2 Å². The number of nitrogens with one attached hydrogen (secondary N) is 1. The number of hydrogen-bond donors (Lipinski definition) is 1. The number of rotatable bonds is 3. The summed E-state index contributed by atoms with van der Waals surface area (Å²) in [6, 6.07) is 1.99. The summed E-state index contributed by atoms with van der Waals surface area (Å²) < 4.78 is 10.4. The Balaban J connectivity index is 1.62. The Labute approximate surface area is 99.5 Å². The minimum Gasteiger partial charge on any atom is -0.381 e. The monoisotopic (exact) mass is 236 g/mol. The lowest BCUT2D eigenvalue weighted by Gasteiger charge is -2.04. The number of carbonyl (C=O) groups excluding carboxylic acids is 1. The quantitative estimate of drug-likeness (QED) is 0.855. The Hall–Kier alpha value is -1.36. The molecule has 0 bridgehead atoms. The van der Waals surface area contributed by atoms with Crippen LogP contribution in [-0.2, 0) is 4.74 Å². The molecule has 0 radical (unpaired) electrons. The third-order valence-corrected chi connectivity index (χ3v) is 3.58. The van der Waals surface area contributed by atoms with Crippen LogP contribution in [0.2, 0.25) is 0 Å². The van der Waals surface area contributed by atoms with Gasteiger partial charge >= 0.3 is 0 Å². The predicted octanol–water partition coefficient (Wildman–Crippen LogP) is 1.17. The first kappa shape index (κ1) is 10.8. The molecule has 17 heavy (non-hydrogen) atoms. The summed E-state index contributed by atoms with van der Waals surface area (Å²) in [6.45, 7) is 5.55. The Morgan fingerprint density at radius 1 is 1.47 bits per heavy atom. The van der Waals surface area contributed by atoms with E-state index in [0.29, 0.717) is 17.5 Å². The molecule has 1 aromatic rings. The summed E-state index contributed by atoms with van der Waals surface area (Å²) in [7, 11) is 0. The second-order valence-electron chi connectivity index (χ2n) is 5.13.